The molecule has 1 atom stereocenters. The molecule has 1 aromatic heterocycles. The Kier molecular flexibility index (Phi) is 4.21. The van der Waals surface area contributed by atoms with Gasteiger partial charge in [0.2, 0.25) is 0 Å². The number of carboxylic acids is 1. The number of benzene rings is 1. The summed E-state index contributed by atoms with van der Waals surface area (Å²) >= 11 is 1.26. The molecule has 6 heteroatoms. The molecule has 0 bridgehead atoms. The van der Waals surface area contributed by atoms with Gasteiger partial charge in [-0.2, -0.15) is 4.98 Å². The van der Waals surface area contributed by atoms with Crippen LogP contribution in [0.5, 0.6) is 0 Å². The zero-order valence-corrected chi connectivity index (χ0v) is 11.5. The van der Waals surface area contributed by atoms with Crippen molar-refractivity contribution in [3.8, 4) is 11.5 Å². The van der Waals surface area contributed by atoms with E-state index in [-0.39, 0.29) is 0 Å². The highest BCUT2D eigenvalue weighted by atomic mass is 32.2. The van der Waals surface area contributed by atoms with Gasteiger partial charge in [0.05, 0.1) is 11.0 Å². The second kappa shape index (κ2) is 5.88. The Balaban J connectivity index is 2.03. The first-order valence-electron chi connectivity index (χ1n) is 5.80. The van der Waals surface area contributed by atoms with E-state index in [0.717, 1.165) is 11.1 Å². The van der Waals surface area contributed by atoms with Crippen LogP contribution in [-0.2, 0) is 10.5 Å². The maximum absolute atomic E-state index is 10.7. The van der Waals surface area contributed by atoms with Crippen molar-refractivity contribution in [1.82, 2.24) is 10.1 Å². The molecular weight excluding hydrogens is 264 g/mol. The summed E-state index contributed by atoms with van der Waals surface area (Å²) in [6.07, 6.45) is 0. The van der Waals surface area contributed by atoms with Crippen molar-refractivity contribution in [3.05, 3.63) is 35.7 Å². The van der Waals surface area contributed by atoms with Crippen molar-refractivity contribution in [2.24, 2.45) is 0 Å². The molecule has 0 radical (unpaired) electrons. The van der Waals surface area contributed by atoms with Gasteiger partial charge in [0.15, 0.2) is 5.82 Å². The van der Waals surface area contributed by atoms with Crippen LogP contribution in [0.1, 0.15) is 18.3 Å². The van der Waals surface area contributed by atoms with Crippen LogP contribution in [0.2, 0.25) is 0 Å². The van der Waals surface area contributed by atoms with E-state index in [2.05, 4.69) is 10.1 Å². The predicted molar refractivity (Wildman–Crippen MR) is 72.9 cm³/mol. The molecule has 0 aliphatic carbocycles. The molecule has 0 saturated carbocycles. The quantitative estimate of drug-likeness (QED) is 0.906. The fourth-order valence-corrected chi connectivity index (χ4v) is 2.06. The Morgan fingerprint density at radius 3 is 2.74 bits per heavy atom. The summed E-state index contributed by atoms with van der Waals surface area (Å²) in [5.74, 6) is 0.544. The summed E-state index contributed by atoms with van der Waals surface area (Å²) in [4.78, 5) is 14.9. The van der Waals surface area contributed by atoms with Gasteiger partial charge in [0.25, 0.3) is 5.89 Å². The molecule has 2 aromatic rings. The number of hydrogen-bond donors (Lipinski definition) is 1. The molecule has 1 heterocycles. The summed E-state index contributed by atoms with van der Waals surface area (Å²) in [7, 11) is 0. The van der Waals surface area contributed by atoms with Crippen molar-refractivity contribution in [1.29, 1.82) is 0 Å². The number of aliphatic carboxylic acids is 1. The zero-order valence-electron chi connectivity index (χ0n) is 10.7. The maximum Gasteiger partial charge on any atom is 0.316 e. The van der Waals surface area contributed by atoms with Crippen LogP contribution in [0.15, 0.2) is 28.8 Å². The van der Waals surface area contributed by atoms with Gasteiger partial charge in [-0.1, -0.05) is 22.9 Å². The van der Waals surface area contributed by atoms with Crippen LogP contribution in [0.25, 0.3) is 11.5 Å². The largest absolute Gasteiger partial charge is 0.480 e. The molecule has 0 aliphatic rings. The van der Waals surface area contributed by atoms with E-state index in [1.165, 1.54) is 11.8 Å². The van der Waals surface area contributed by atoms with Crippen LogP contribution in [0.3, 0.4) is 0 Å². The molecule has 0 spiro atoms. The highest BCUT2D eigenvalue weighted by Crippen LogP contribution is 2.20. The van der Waals surface area contributed by atoms with Gasteiger partial charge in [-0.15, -0.1) is 11.8 Å². The number of rotatable bonds is 5. The van der Waals surface area contributed by atoms with E-state index >= 15 is 0 Å². The minimum Gasteiger partial charge on any atom is -0.480 e. The molecule has 0 fully saturated rings. The monoisotopic (exact) mass is 278 g/mol. The number of thioether (sulfide) groups is 1. The van der Waals surface area contributed by atoms with Crippen LogP contribution >= 0.6 is 11.8 Å². The number of hydrogen-bond acceptors (Lipinski definition) is 5. The topological polar surface area (TPSA) is 76.2 Å². The first kappa shape index (κ1) is 13.6. The highest BCUT2D eigenvalue weighted by molar-refractivity contribution is 7.99. The molecule has 19 heavy (non-hydrogen) atoms. The van der Waals surface area contributed by atoms with Gasteiger partial charge in [-0.25, -0.2) is 0 Å². The third kappa shape index (κ3) is 3.57. The summed E-state index contributed by atoms with van der Waals surface area (Å²) < 4.78 is 5.16. The van der Waals surface area contributed by atoms with Gasteiger partial charge in [0.1, 0.15) is 0 Å². The second-order valence-corrected chi connectivity index (χ2v) is 5.50. The van der Waals surface area contributed by atoms with Crippen LogP contribution in [0.4, 0.5) is 0 Å². The zero-order chi connectivity index (χ0) is 13.8. The van der Waals surface area contributed by atoms with Gasteiger partial charge in [0, 0.05) is 5.56 Å². The number of carboxylic acid groups (broad SMARTS) is 1. The Morgan fingerprint density at radius 1 is 1.42 bits per heavy atom. The van der Waals surface area contributed by atoms with Crippen LogP contribution in [-0.4, -0.2) is 26.5 Å². The normalized spacial score (nSPS) is 12.3. The first-order chi connectivity index (χ1) is 9.06. The van der Waals surface area contributed by atoms with Gasteiger partial charge in [-0.3, -0.25) is 4.79 Å². The van der Waals surface area contributed by atoms with Gasteiger partial charge < -0.3 is 9.63 Å². The molecular formula is C13H14N2O3S. The van der Waals surface area contributed by atoms with Crippen molar-refractivity contribution in [2.45, 2.75) is 24.9 Å². The van der Waals surface area contributed by atoms with E-state index in [4.69, 9.17) is 9.63 Å². The highest BCUT2D eigenvalue weighted by Gasteiger charge is 2.14. The van der Waals surface area contributed by atoms with Gasteiger partial charge in [-0.05, 0) is 26.0 Å². The Labute approximate surface area is 115 Å². The van der Waals surface area contributed by atoms with Crippen molar-refractivity contribution in [2.75, 3.05) is 0 Å². The smallest absolute Gasteiger partial charge is 0.316 e. The Bertz CT molecular complexity index is 566. The van der Waals surface area contributed by atoms with Crippen LogP contribution < -0.4 is 0 Å². The number of aryl methyl sites for hydroxylation is 1. The molecule has 0 aliphatic heterocycles. The SMILES string of the molecule is Cc1ccc(-c2nc(CSC(C)C(=O)O)no2)cc1. The average molecular weight is 278 g/mol. The fourth-order valence-electron chi connectivity index (χ4n) is 1.40. The standard InChI is InChI=1S/C13H14N2O3S/c1-8-3-5-10(6-4-8)12-14-11(15-18-12)7-19-9(2)13(16)17/h3-6,9H,7H2,1-2H3,(H,16,17). The molecule has 1 unspecified atom stereocenters. The predicted octanol–water partition coefficient (Wildman–Crippen LogP) is 2.75. The molecule has 2 rings (SSSR count). The van der Waals surface area contributed by atoms with Crippen molar-refractivity contribution in [3.63, 3.8) is 0 Å². The third-order valence-corrected chi connectivity index (χ3v) is 3.70. The van der Waals surface area contributed by atoms with E-state index in [9.17, 15) is 4.79 Å². The molecule has 0 amide bonds. The fraction of sp³-hybridized carbons (Fsp3) is 0.308. The molecule has 1 N–H and O–H groups in total. The minimum atomic E-state index is -0.841. The third-order valence-electron chi connectivity index (χ3n) is 2.58. The van der Waals surface area contributed by atoms with Crippen LogP contribution in [0, 0.1) is 6.92 Å². The summed E-state index contributed by atoms with van der Waals surface area (Å²) in [6.45, 7) is 3.64. The van der Waals surface area contributed by atoms with E-state index < -0.39 is 11.2 Å². The summed E-state index contributed by atoms with van der Waals surface area (Å²) in [6, 6.07) is 7.78. The van der Waals surface area contributed by atoms with Crippen molar-refractivity contribution < 1.29 is 14.4 Å². The van der Waals surface area contributed by atoms with E-state index in [1.807, 2.05) is 31.2 Å². The lowest BCUT2D eigenvalue weighted by molar-refractivity contribution is -0.136. The number of carbonyl (C=O) groups is 1. The number of aromatic nitrogens is 2. The second-order valence-electron chi connectivity index (χ2n) is 4.17. The first-order valence-corrected chi connectivity index (χ1v) is 6.85. The van der Waals surface area contributed by atoms with Gasteiger partial charge >= 0.3 is 5.97 Å². The summed E-state index contributed by atoms with van der Waals surface area (Å²) in [5.41, 5.74) is 2.02. The maximum atomic E-state index is 10.7. The lowest BCUT2D eigenvalue weighted by Gasteiger charge is -2.01. The van der Waals surface area contributed by atoms with E-state index in [0.29, 0.717) is 17.5 Å². The Morgan fingerprint density at radius 2 is 2.11 bits per heavy atom. The van der Waals surface area contributed by atoms with E-state index in [1.54, 1.807) is 6.92 Å². The Hall–Kier alpha value is -1.82. The summed E-state index contributed by atoms with van der Waals surface area (Å²) in [5, 5.41) is 12.1. The molecule has 5 nitrogen and oxygen atoms in total. The molecule has 100 valence electrons. The number of nitrogens with zero attached hydrogens (tertiary/aromatic N) is 2. The minimum absolute atomic E-state index is 0.419. The lowest BCUT2D eigenvalue weighted by atomic mass is 10.1. The average Bonchev–Trinajstić information content (AvgIpc) is 2.85. The lowest BCUT2D eigenvalue weighted by Crippen LogP contribution is -2.11. The molecule has 1 aromatic carbocycles. The van der Waals surface area contributed by atoms with Crippen molar-refractivity contribution >= 4 is 17.7 Å². The molecule has 0 saturated heterocycles.